The Labute approximate surface area is 124 Å². The van der Waals surface area contributed by atoms with Crippen molar-refractivity contribution in [3.63, 3.8) is 0 Å². The number of nitrogens with zero attached hydrogens (tertiary/aromatic N) is 2. The Balaban J connectivity index is 3.83. The highest BCUT2D eigenvalue weighted by molar-refractivity contribution is 8.06. The Kier molecular flexibility index (Phi) is 11.4. The smallest absolute Gasteiger partial charge is 0.00265 e. The Morgan fingerprint density at radius 3 is 1.32 bits per heavy atom. The van der Waals surface area contributed by atoms with Crippen LogP contribution in [0.15, 0.2) is 23.0 Å². The molecule has 0 amide bonds. The third kappa shape index (κ3) is 9.31. The first-order chi connectivity index (χ1) is 9.07. The van der Waals surface area contributed by atoms with Crippen molar-refractivity contribution < 1.29 is 0 Å². The van der Waals surface area contributed by atoms with E-state index in [1.165, 1.54) is 9.81 Å². The Morgan fingerprint density at radius 1 is 0.737 bits per heavy atom. The number of rotatable bonds is 12. The summed E-state index contributed by atoms with van der Waals surface area (Å²) in [5.41, 5.74) is 0. The van der Waals surface area contributed by atoms with Crippen LogP contribution in [0.4, 0.5) is 0 Å². The monoisotopic (exact) mass is 284 g/mol. The number of thioether (sulfide) groups is 1. The van der Waals surface area contributed by atoms with Gasteiger partial charge in [-0.3, -0.25) is 0 Å². The van der Waals surface area contributed by atoms with Crippen molar-refractivity contribution in [3.05, 3.63) is 23.0 Å². The third-order valence-electron chi connectivity index (χ3n) is 3.49. The van der Waals surface area contributed by atoms with Crippen LogP contribution in [0, 0.1) is 0 Å². The molecule has 0 aliphatic heterocycles. The lowest BCUT2D eigenvalue weighted by Crippen LogP contribution is -2.24. The second-order valence-electron chi connectivity index (χ2n) is 4.73. The van der Waals surface area contributed by atoms with Crippen molar-refractivity contribution in [2.24, 2.45) is 0 Å². The van der Waals surface area contributed by atoms with Crippen molar-refractivity contribution in [2.75, 3.05) is 39.3 Å². The summed E-state index contributed by atoms with van der Waals surface area (Å²) in [6.07, 6.45) is 2.13. The van der Waals surface area contributed by atoms with E-state index in [9.17, 15) is 0 Å². The summed E-state index contributed by atoms with van der Waals surface area (Å²) in [6.45, 7) is 23.9. The summed E-state index contributed by atoms with van der Waals surface area (Å²) in [5.74, 6) is 0. The summed E-state index contributed by atoms with van der Waals surface area (Å²) in [5, 5.41) is 0. The molecule has 2 nitrogen and oxygen atoms in total. The van der Waals surface area contributed by atoms with Crippen molar-refractivity contribution in [1.29, 1.82) is 0 Å². The molecule has 0 heterocycles. The molecule has 0 aliphatic carbocycles. The van der Waals surface area contributed by atoms with Crippen LogP contribution in [-0.4, -0.2) is 49.1 Å². The minimum Gasteiger partial charge on any atom is -0.304 e. The second kappa shape index (κ2) is 11.6. The fourth-order valence-electron chi connectivity index (χ4n) is 1.95. The molecule has 0 rings (SSSR count). The van der Waals surface area contributed by atoms with E-state index in [4.69, 9.17) is 0 Å². The summed E-state index contributed by atoms with van der Waals surface area (Å²) in [4.78, 5) is 7.36. The van der Waals surface area contributed by atoms with Gasteiger partial charge in [0.15, 0.2) is 0 Å². The molecule has 0 aromatic rings. The van der Waals surface area contributed by atoms with E-state index in [-0.39, 0.29) is 0 Å². The lowest BCUT2D eigenvalue weighted by molar-refractivity contribution is 0.309. The van der Waals surface area contributed by atoms with E-state index >= 15 is 0 Å². The molecule has 0 aromatic carbocycles. The molecule has 0 unspecified atom stereocenters. The van der Waals surface area contributed by atoms with Gasteiger partial charge >= 0.3 is 0 Å². The Morgan fingerprint density at radius 2 is 1.05 bits per heavy atom. The van der Waals surface area contributed by atoms with Crippen LogP contribution >= 0.6 is 11.8 Å². The predicted octanol–water partition coefficient (Wildman–Crippen LogP) is 4.21. The zero-order chi connectivity index (χ0) is 14.7. The zero-order valence-electron chi connectivity index (χ0n) is 13.4. The van der Waals surface area contributed by atoms with Crippen LogP contribution in [-0.2, 0) is 0 Å². The lowest BCUT2D eigenvalue weighted by Gasteiger charge is -2.20. The summed E-state index contributed by atoms with van der Waals surface area (Å²) in [7, 11) is 0. The van der Waals surface area contributed by atoms with Crippen LogP contribution in [0.25, 0.3) is 0 Å². The Bertz CT molecular complexity index is 229. The van der Waals surface area contributed by atoms with Gasteiger partial charge in [0.05, 0.1) is 0 Å². The first kappa shape index (κ1) is 18.8. The highest BCUT2D eigenvalue weighted by atomic mass is 32.2. The average Bonchev–Trinajstić information content (AvgIpc) is 2.41. The summed E-state index contributed by atoms with van der Waals surface area (Å²) in [6, 6.07) is 0. The first-order valence-electron chi connectivity index (χ1n) is 7.55. The molecule has 0 bridgehead atoms. The van der Waals surface area contributed by atoms with Crippen LogP contribution in [0.3, 0.4) is 0 Å². The molecule has 0 saturated heterocycles. The molecule has 0 fully saturated rings. The van der Waals surface area contributed by atoms with Gasteiger partial charge in [-0.25, -0.2) is 0 Å². The Hall–Kier alpha value is -0.250. The van der Waals surface area contributed by atoms with Gasteiger partial charge < -0.3 is 9.80 Å². The van der Waals surface area contributed by atoms with Crippen LogP contribution in [0.1, 0.15) is 40.5 Å². The number of hydrogen-bond donors (Lipinski definition) is 0. The minimum atomic E-state index is 1.07. The van der Waals surface area contributed by atoms with E-state index in [0.29, 0.717) is 0 Å². The van der Waals surface area contributed by atoms with Gasteiger partial charge in [0.2, 0.25) is 0 Å². The molecule has 0 aliphatic rings. The van der Waals surface area contributed by atoms with Crippen LogP contribution in [0.5, 0.6) is 0 Å². The van der Waals surface area contributed by atoms with Gasteiger partial charge in [-0.05, 0) is 48.8 Å². The fraction of sp³-hybridized carbons (Fsp3) is 0.750. The molecule has 0 radical (unpaired) electrons. The van der Waals surface area contributed by atoms with E-state index in [0.717, 1.165) is 52.1 Å². The third-order valence-corrected chi connectivity index (χ3v) is 4.48. The summed E-state index contributed by atoms with van der Waals surface area (Å²) < 4.78 is 0. The SMILES string of the molecule is C=C(CCN(CC)CC)SC(=C)CCN(CC)CC. The van der Waals surface area contributed by atoms with Gasteiger partial charge in [-0.15, -0.1) is 11.8 Å². The van der Waals surface area contributed by atoms with E-state index in [1.54, 1.807) is 11.8 Å². The van der Waals surface area contributed by atoms with Gasteiger partial charge in [0.1, 0.15) is 0 Å². The van der Waals surface area contributed by atoms with Crippen molar-refractivity contribution in [3.8, 4) is 0 Å². The normalized spacial score (nSPS) is 11.3. The molecule has 0 saturated carbocycles. The predicted molar refractivity (Wildman–Crippen MR) is 90.7 cm³/mol. The zero-order valence-corrected chi connectivity index (χ0v) is 14.2. The van der Waals surface area contributed by atoms with Gasteiger partial charge in [0.25, 0.3) is 0 Å². The molecule has 3 heteroatoms. The van der Waals surface area contributed by atoms with Crippen molar-refractivity contribution in [2.45, 2.75) is 40.5 Å². The molecular weight excluding hydrogens is 252 g/mol. The fourth-order valence-corrected chi connectivity index (χ4v) is 2.75. The molecule has 19 heavy (non-hydrogen) atoms. The van der Waals surface area contributed by atoms with Crippen LogP contribution < -0.4 is 0 Å². The molecule has 0 aromatic heterocycles. The van der Waals surface area contributed by atoms with Crippen LogP contribution in [0.2, 0.25) is 0 Å². The molecule has 112 valence electrons. The standard InChI is InChI=1S/C16H32N2S/c1-7-17(8-2)13-11-15(5)19-16(6)12-14-18(9-3)10-4/h5-14H2,1-4H3. The van der Waals surface area contributed by atoms with E-state index in [2.05, 4.69) is 50.7 Å². The quantitative estimate of drug-likeness (QED) is 0.530. The average molecular weight is 285 g/mol. The van der Waals surface area contributed by atoms with Crippen molar-refractivity contribution >= 4 is 11.8 Å². The molecule has 0 spiro atoms. The van der Waals surface area contributed by atoms with E-state index < -0.39 is 0 Å². The topological polar surface area (TPSA) is 6.48 Å². The van der Waals surface area contributed by atoms with Gasteiger partial charge in [-0.1, -0.05) is 40.9 Å². The maximum absolute atomic E-state index is 4.16. The summed E-state index contributed by atoms with van der Waals surface area (Å²) >= 11 is 1.78. The maximum atomic E-state index is 4.16. The minimum absolute atomic E-state index is 1.07. The maximum Gasteiger partial charge on any atom is 0.00265 e. The van der Waals surface area contributed by atoms with Crippen molar-refractivity contribution in [1.82, 2.24) is 9.80 Å². The molecule has 0 N–H and O–H groups in total. The van der Waals surface area contributed by atoms with Gasteiger partial charge in [0, 0.05) is 13.1 Å². The largest absolute Gasteiger partial charge is 0.304 e. The van der Waals surface area contributed by atoms with Gasteiger partial charge in [-0.2, -0.15) is 0 Å². The lowest BCUT2D eigenvalue weighted by atomic mass is 10.3. The molecular formula is C16H32N2S. The number of hydrogen-bond acceptors (Lipinski definition) is 3. The van der Waals surface area contributed by atoms with E-state index in [1.807, 2.05) is 0 Å². The highest BCUT2D eigenvalue weighted by Crippen LogP contribution is 2.27. The second-order valence-corrected chi connectivity index (χ2v) is 6.09. The first-order valence-corrected chi connectivity index (χ1v) is 8.36. The molecule has 0 atom stereocenters. The highest BCUT2D eigenvalue weighted by Gasteiger charge is 2.05.